The zero-order chi connectivity index (χ0) is 21.2. The third-order valence-electron chi connectivity index (χ3n) is 4.98. The Balaban J connectivity index is 1.41. The number of thiophene rings is 1. The lowest BCUT2D eigenvalue weighted by molar-refractivity contribution is 0.0953. The molecule has 0 aliphatic rings. The lowest BCUT2D eigenvalue weighted by Gasteiger charge is -2.08. The fourth-order valence-corrected chi connectivity index (χ4v) is 4.15. The number of carbonyl (C=O) groups excluding carboxylic acids is 1. The van der Waals surface area contributed by atoms with Crippen LogP contribution in [0.4, 0.5) is 0 Å². The largest absolute Gasteiger partial charge is 0.348 e. The molecule has 5 N–H and O–H groups in total. The average Bonchev–Trinajstić information content (AvgIpc) is 3.20. The minimum atomic E-state index is -0.293. The highest BCUT2D eigenvalue weighted by molar-refractivity contribution is 7.17. The fraction of sp³-hybridized carbons (Fsp3) is 0.409. The molecule has 0 fully saturated rings. The Bertz CT molecular complexity index is 997. The number of aromatic nitrogens is 2. The van der Waals surface area contributed by atoms with Crippen molar-refractivity contribution < 1.29 is 4.79 Å². The first kappa shape index (κ1) is 22.1. The highest BCUT2D eigenvalue weighted by Gasteiger charge is 2.15. The van der Waals surface area contributed by atoms with Crippen LogP contribution < -0.4 is 21.9 Å². The molecule has 1 aromatic carbocycles. The maximum atomic E-state index is 12.5. The number of H-pyrrole nitrogens is 1. The summed E-state index contributed by atoms with van der Waals surface area (Å²) in [4.78, 5) is 31.7. The first-order chi connectivity index (χ1) is 14.7. The van der Waals surface area contributed by atoms with Gasteiger partial charge in [0, 0.05) is 18.5 Å². The van der Waals surface area contributed by atoms with E-state index in [0.29, 0.717) is 22.3 Å². The predicted octanol–water partition coefficient (Wildman–Crippen LogP) is 2.91. The van der Waals surface area contributed by atoms with Crippen LogP contribution in [0.25, 0.3) is 10.2 Å². The first-order valence-electron chi connectivity index (χ1n) is 10.4. The van der Waals surface area contributed by atoms with Crippen molar-refractivity contribution in [2.75, 3.05) is 13.1 Å². The third-order valence-corrected chi connectivity index (χ3v) is 5.87. The molecular formula is C22H29N5O2S. The van der Waals surface area contributed by atoms with E-state index < -0.39 is 0 Å². The third kappa shape index (κ3) is 6.22. The molecule has 8 heteroatoms. The molecule has 2 heterocycles. The zero-order valence-corrected chi connectivity index (χ0v) is 17.9. The number of aromatic amines is 1. The van der Waals surface area contributed by atoms with Gasteiger partial charge in [-0.3, -0.25) is 9.59 Å². The number of amides is 1. The first-order valence-corrected chi connectivity index (χ1v) is 11.3. The Morgan fingerprint density at radius 1 is 1.03 bits per heavy atom. The molecule has 7 nitrogen and oxygen atoms in total. The van der Waals surface area contributed by atoms with Gasteiger partial charge in [-0.15, -0.1) is 11.3 Å². The fourth-order valence-electron chi connectivity index (χ4n) is 3.26. The van der Waals surface area contributed by atoms with Gasteiger partial charge in [-0.1, -0.05) is 43.5 Å². The molecule has 0 aliphatic heterocycles. The second kappa shape index (κ2) is 11.6. The Morgan fingerprint density at radius 2 is 1.73 bits per heavy atom. The summed E-state index contributed by atoms with van der Waals surface area (Å²) < 4.78 is 0. The number of carbonyl (C=O) groups is 1. The van der Waals surface area contributed by atoms with Gasteiger partial charge < -0.3 is 21.4 Å². The summed E-state index contributed by atoms with van der Waals surface area (Å²) in [6.07, 6.45) is 7.38. The van der Waals surface area contributed by atoms with Gasteiger partial charge in [-0.2, -0.15) is 0 Å². The van der Waals surface area contributed by atoms with E-state index in [1.807, 2.05) is 12.1 Å². The van der Waals surface area contributed by atoms with Crippen LogP contribution in [0.15, 0.2) is 40.8 Å². The maximum Gasteiger partial charge on any atom is 0.260 e. The van der Waals surface area contributed by atoms with E-state index in [9.17, 15) is 9.59 Å². The number of unbranched alkanes of at least 4 members (excludes halogenated alkanes) is 4. The number of hydrogen-bond acceptors (Lipinski definition) is 6. The number of rotatable bonds is 12. The summed E-state index contributed by atoms with van der Waals surface area (Å²) in [5.41, 5.74) is 7.81. The number of benzene rings is 1. The van der Waals surface area contributed by atoms with Crippen LogP contribution in [-0.2, 0) is 13.1 Å². The SMILES string of the molecule is NCCCCCCCNCc1ccc(CNC(=O)c2csc3nc[nH]c(=O)c23)cc1. The van der Waals surface area contributed by atoms with Crippen molar-refractivity contribution in [2.24, 2.45) is 5.73 Å². The van der Waals surface area contributed by atoms with E-state index in [4.69, 9.17) is 5.73 Å². The number of nitrogens with one attached hydrogen (secondary N) is 3. The molecule has 30 heavy (non-hydrogen) atoms. The predicted molar refractivity (Wildman–Crippen MR) is 122 cm³/mol. The van der Waals surface area contributed by atoms with Crippen LogP contribution in [0.5, 0.6) is 0 Å². The molecule has 0 atom stereocenters. The molecule has 3 aromatic rings. The van der Waals surface area contributed by atoms with Crippen molar-refractivity contribution in [2.45, 2.75) is 45.2 Å². The summed E-state index contributed by atoms with van der Waals surface area (Å²) in [5, 5.41) is 8.38. The average molecular weight is 428 g/mol. The molecule has 160 valence electrons. The Hall–Kier alpha value is -2.55. The zero-order valence-electron chi connectivity index (χ0n) is 17.1. The summed E-state index contributed by atoms with van der Waals surface area (Å²) in [6.45, 7) is 3.06. The van der Waals surface area contributed by atoms with Gasteiger partial charge in [0.15, 0.2) is 0 Å². The van der Waals surface area contributed by atoms with E-state index in [2.05, 4.69) is 32.7 Å². The van der Waals surface area contributed by atoms with Crippen LogP contribution in [0.3, 0.4) is 0 Å². The van der Waals surface area contributed by atoms with Gasteiger partial charge in [0.1, 0.15) is 4.83 Å². The van der Waals surface area contributed by atoms with Crippen molar-refractivity contribution in [1.82, 2.24) is 20.6 Å². The number of hydrogen-bond donors (Lipinski definition) is 4. The standard InChI is InChI=1S/C22H29N5O2S/c23-10-4-2-1-3-5-11-24-12-16-6-8-17(9-7-16)13-25-20(28)18-14-30-22-19(18)21(29)26-15-27-22/h6-9,14-15,24H,1-5,10-13,23H2,(H,25,28)(H,26,27,29). The molecule has 0 saturated heterocycles. The summed E-state index contributed by atoms with van der Waals surface area (Å²) in [6, 6.07) is 8.18. The normalized spacial score (nSPS) is 11.1. The lowest BCUT2D eigenvalue weighted by Crippen LogP contribution is -2.24. The lowest BCUT2D eigenvalue weighted by atomic mass is 10.1. The molecule has 3 rings (SSSR count). The van der Waals surface area contributed by atoms with Crippen LogP contribution in [0.1, 0.15) is 53.6 Å². The van der Waals surface area contributed by atoms with E-state index in [0.717, 1.165) is 31.6 Å². The van der Waals surface area contributed by atoms with Gasteiger partial charge in [0.2, 0.25) is 0 Å². The van der Waals surface area contributed by atoms with Gasteiger partial charge in [0.05, 0.1) is 17.3 Å². The van der Waals surface area contributed by atoms with Crippen molar-refractivity contribution in [1.29, 1.82) is 0 Å². The monoisotopic (exact) mass is 427 g/mol. The summed E-state index contributed by atoms with van der Waals surface area (Å²) >= 11 is 1.29. The van der Waals surface area contributed by atoms with Crippen molar-refractivity contribution in [3.05, 3.63) is 63.0 Å². The molecular weight excluding hydrogens is 398 g/mol. The van der Waals surface area contributed by atoms with E-state index in [1.54, 1.807) is 5.38 Å². The minimum Gasteiger partial charge on any atom is -0.348 e. The van der Waals surface area contributed by atoms with Crippen molar-refractivity contribution in [3.8, 4) is 0 Å². The van der Waals surface area contributed by atoms with Gasteiger partial charge in [-0.05, 0) is 37.1 Å². The van der Waals surface area contributed by atoms with Crippen molar-refractivity contribution in [3.63, 3.8) is 0 Å². The van der Waals surface area contributed by atoms with Gasteiger partial charge in [-0.25, -0.2) is 4.98 Å². The second-order valence-corrected chi connectivity index (χ2v) is 8.15. The maximum absolute atomic E-state index is 12.5. The highest BCUT2D eigenvalue weighted by Crippen LogP contribution is 2.20. The second-order valence-electron chi connectivity index (χ2n) is 7.29. The molecule has 0 bridgehead atoms. The molecule has 0 spiro atoms. The topological polar surface area (TPSA) is 113 Å². The molecule has 0 unspecified atom stereocenters. The van der Waals surface area contributed by atoms with E-state index in [-0.39, 0.29) is 11.5 Å². The van der Waals surface area contributed by atoms with Crippen LogP contribution in [-0.4, -0.2) is 29.0 Å². The van der Waals surface area contributed by atoms with Crippen LogP contribution in [0, 0.1) is 0 Å². The molecule has 2 aromatic heterocycles. The van der Waals surface area contributed by atoms with Crippen LogP contribution in [0.2, 0.25) is 0 Å². The Morgan fingerprint density at radius 3 is 2.50 bits per heavy atom. The summed E-state index contributed by atoms with van der Waals surface area (Å²) in [7, 11) is 0. The van der Waals surface area contributed by atoms with Gasteiger partial charge >= 0.3 is 0 Å². The van der Waals surface area contributed by atoms with Gasteiger partial charge in [0.25, 0.3) is 11.5 Å². The quantitative estimate of drug-likeness (QED) is 0.332. The van der Waals surface area contributed by atoms with E-state index in [1.165, 1.54) is 48.9 Å². The molecule has 0 radical (unpaired) electrons. The molecule has 1 amide bonds. The Kier molecular flexibility index (Phi) is 8.55. The minimum absolute atomic E-state index is 0.267. The molecule has 0 saturated carbocycles. The highest BCUT2D eigenvalue weighted by atomic mass is 32.1. The molecule has 0 aliphatic carbocycles. The Labute approximate surface area is 180 Å². The van der Waals surface area contributed by atoms with Crippen LogP contribution >= 0.6 is 11.3 Å². The van der Waals surface area contributed by atoms with Crippen molar-refractivity contribution >= 4 is 27.5 Å². The number of fused-ring (bicyclic) bond motifs is 1. The smallest absolute Gasteiger partial charge is 0.260 e. The number of nitrogens with two attached hydrogens (primary N) is 1. The summed E-state index contributed by atoms with van der Waals surface area (Å²) in [5.74, 6) is -0.267. The number of nitrogens with zero attached hydrogens (tertiary/aromatic N) is 1. The van der Waals surface area contributed by atoms with E-state index >= 15 is 0 Å².